The number of hydrogen-bond acceptors (Lipinski definition) is 2. The molecule has 1 saturated heterocycles. The highest BCUT2D eigenvalue weighted by molar-refractivity contribution is 6.31. The number of halogens is 1. The van der Waals surface area contributed by atoms with Gasteiger partial charge in [0.15, 0.2) is 0 Å². The molecule has 4 heteroatoms. The SMILES string of the molecule is CC(C)(C)C1(CN)CCN(C(=O)Cc2ccccc2Cl)C1. The van der Waals surface area contributed by atoms with Gasteiger partial charge in [-0.1, -0.05) is 50.6 Å². The third-order valence-corrected chi connectivity index (χ3v) is 5.36. The van der Waals surface area contributed by atoms with E-state index in [9.17, 15) is 4.79 Å². The maximum absolute atomic E-state index is 12.5. The number of rotatable bonds is 3. The first-order valence-electron chi connectivity index (χ1n) is 7.50. The van der Waals surface area contributed by atoms with Crippen LogP contribution < -0.4 is 5.73 Å². The van der Waals surface area contributed by atoms with Gasteiger partial charge >= 0.3 is 0 Å². The maximum atomic E-state index is 12.5. The number of amides is 1. The molecule has 0 radical (unpaired) electrons. The molecule has 1 aliphatic rings. The number of hydrogen-bond donors (Lipinski definition) is 1. The Hall–Kier alpha value is -1.06. The van der Waals surface area contributed by atoms with Crippen molar-refractivity contribution in [1.82, 2.24) is 4.90 Å². The van der Waals surface area contributed by atoms with E-state index in [-0.39, 0.29) is 16.7 Å². The summed E-state index contributed by atoms with van der Waals surface area (Å²) in [7, 11) is 0. The van der Waals surface area contributed by atoms with E-state index < -0.39 is 0 Å². The average Bonchev–Trinajstić information content (AvgIpc) is 2.87. The fourth-order valence-corrected chi connectivity index (χ4v) is 3.29. The smallest absolute Gasteiger partial charge is 0.227 e. The Morgan fingerprint density at radius 2 is 2.05 bits per heavy atom. The molecule has 1 heterocycles. The second kappa shape index (κ2) is 5.98. The highest BCUT2D eigenvalue weighted by Gasteiger charge is 2.46. The number of likely N-dealkylation sites (tertiary alicyclic amines) is 1. The molecule has 2 rings (SSSR count). The van der Waals surface area contributed by atoms with Crippen LogP contribution in [0.4, 0.5) is 0 Å². The predicted octanol–water partition coefficient (Wildman–Crippen LogP) is 3.11. The molecule has 1 unspecified atom stereocenters. The van der Waals surface area contributed by atoms with Crippen LogP contribution in [0.15, 0.2) is 24.3 Å². The molecule has 3 nitrogen and oxygen atoms in total. The fourth-order valence-electron chi connectivity index (χ4n) is 3.09. The largest absolute Gasteiger partial charge is 0.342 e. The Morgan fingerprint density at radius 3 is 2.57 bits per heavy atom. The van der Waals surface area contributed by atoms with Crippen LogP contribution in [0.5, 0.6) is 0 Å². The lowest BCUT2D eigenvalue weighted by Crippen LogP contribution is -2.45. The van der Waals surface area contributed by atoms with Gasteiger partial charge < -0.3 is 10.6 Å². The topological polar surface area (TPSA) is 46.3 Å². The minimum Gasteiger partial charge on any atom is -0.342 e. The summed E-state index contributed by atoms with van der Waals surface area (Å²) in [6.07, 6.45) is 1.34. The van der Waals surface area contributed by atoms with E-state index in [1.54, 1.807) is 0 Å². The monoisotopic (exact) mass is 308 g/mol. The maximum Gasteiger partial charge on any atom is 0.227 e. The molecule has 1 amide bonds. The molecular weight excluding hydrogens is 284 g/mol. The van der Waals surface area contributed by atoms with E-state index in [2.05, 4.69) is 20.8 Å². The van der Waals surface area contributed by atoms with Crippen LogP contribution >= 0.6 is 11.6 Å². The van der Waals surface area contributed by atoms with Gasteiger partial charge in [-0.3, -0.25) is 4.79 Å². The molecule has 0 aromatic heterocycles. The van der Waals surface area contributed by atoms with Crippen LogP contribution in [0.25, 0.3) is 0 Å². The Balaban J connectivity index is 2.08. The Bertz CT molecular complexity index is 524. The molecule has 0 bridgehead atoms. The van der Waals surface area contributed by atoms with Crippen molar-refractivity contribution in [3.05, 3.63) is 34.9 Å². The minimum absolute atomic E-state index is 0.0170. The van der Waals surface area contributed by atoms with Crippen molar-refractivity contribution in [2.75, 3.05) is 19.6 Å². The van der Waals surface area contributed by atoms with Gasteiger partial charge in [-0.25, -0.2) is 0 Å². The zero-order chi connectivity index (χ0) is 15.7. The molecule has 116 valence electrons. The number of nitrogens with zero attached hydrogens (tertiary/aromatic N) is 1. The zero-order valence-electron chi connectivity index (χ0n) is 13.2. The predicted molar refractivity (Wildman–Crippen MR) is 87.3 cm³/mol. The van der Waals surface area contributed by atoms with Crippen molar-refractivity contribution in [1.29, 1.82) is 0 Å². The minimum atomic E-state index is 0.0170. The first-order valence-corrected chi connectivity index (χ1v) is 7.88. The van der Waals surface area contributed by atoms with Crippen molar-refractivity contribution in [2.24, 2.45) is 16.6 Å². The van der Waals surface area contributed by atoms with Gasteiger partial charge in [0.2, 0.25) is 5.91 Å². The summed E-state index contributed by atoms with van der Waals surface area (Å²) in [5, 5.41) is 0.658. The molecule has 1 aromatic rings. The summed E-state index contributed by atoms with van der Waals surface area (Å²) in [6.45, 7) is 8.78. The summed E-state index contributed by atoms with van der Waals surface area (Å²) in [6, 6.07) is 7.53. The molecule has 1 aliphatic heterocycles. The molecule has 2 N–H and O–H groups in total. The first-order chi connectivity index (χ1) is 9.79. The fraction of sp³-hybridized carbons (Fsp3) is 0.588. The van der Waals surface area contributed by atoms with E-state index in [0.717, 1.165) is 25.1 Å². The molecular formula is C17H25ClN2O. The van der Waals surface area contributed by atoms with Crippen LogP contribution in [0.3, 0.4) is 0 Å². The van der Waals surface area contributed by atoms with Crippen molar-refractivity contribution >= 4 is 17.5 Å². The van der Waals surface area contributed by atoms with Gasteiger partial charge in [-0.2, -0.15) is 0 Å². The summed E-state index contributed by atoms with van der Waals surface area (Å²) in [5.74, 6) is 0.141. The number of nitrogens with two attached hydrogens (primary N) is 1. The third-order valence-electron chi connectivity index (χ3n) is 4.99. The Kier molecular flexibility index (Phi) is 4.64. The molecule has 1 fully saturated rings. The van der Waals surface area contributed by atoms with Crippen LogP contribution in [-0.4, -0.2) is 30.4 Å². The summed E-state index contributed by atoms with van der Waals surface area (Å²) < 4.78 is 0. The molecule has 0 saturated carbocycles. The van der Waals surface area contributed by atoms with Crippen molar-refractivity contribution in [3.8, 4) is 0 Å². The Morgan fingerprint density at radius 1 is 1.38 bits per heavy atom. The van der Waals surface area contributed by atoms with Crippen LogP contribution in [0.2, 0.25) is 5.02 Å². The molecule has 21 heavy (non-hydrogen) atoms. The second-order valence-electron chi connectivity index (χ2n) is 7.07. The van der Waals surface area contributed by atoms with Gasteiger partial charge in [-0.15, -0.1) is 0 Å². The zero-order valence-corrected chi connectivity index (χ0v) is 13.9. The third kappa shape index (κ3) is 3.24. The average molecular weight is 309 g/mol. The lowest BCUT2D eigenvalue weighted by atomic mass is 9.66. The van der Waals surface area contributed by atoms with Crippen LogP contribution in [0, 0.1) is 10.8 Å². The van der Waals surface area contributed by atoms with Crippen molar-refractivity contribution < 1.29 is 4.79 Å². The number of carbonyl (C=O) groups is 1. The molecule has 1 atom stereocenters. The highest BCUT2D eigenvalue weighted by atomic mass is 35.5. The standard InChI is InChI=1S/C17H25ClN2O/c1-16(2,3)17(11-19)8-9-20(12-17)15(21)10-13-6-4-5-7-14(13)18/h4-7H,8-12,19H2,1-3H3. The Labute approximate surface area is 132 Å². The summed E-state index contributed by atoms with van der Waals surface area (Å²) in [5.41, 5.74) is 7.04. The lowest BCUT2D eigenvalue weighted by molar-refractivity contribution is -0.130. The summed E-state index contributed by atoms with van der Waals surface area (Å²) in [4.78, 5) is 14.5. The summed E-state index contributed by atoms with van der Waals surface area (Å²) >= 11 is 6.14. The normalized spacial score (nSPS) is 22.6. The lowest BCUT2D eigenvalue weighted by Gasteiger charge is -2.41. The van der Waals surface area contributed by atoms with Crippen LogP contribution in [0.1, 0.15) is 32.8 Å². The molecule has 0 aliphatic carbocycles. The molecule has 0 spiro atoms. The highest BCUT2D eigenvalue weighted by Crippen LogP contribution is 2.45. The van der Waals surface area contributed by atoms with E-state index in [1.807, 2.05) is 29.2 Å². The van der Waals surface area contributed by atoms with E-state index in [1.165, 1.54) is 0 Å². The van der Waals surface area contributed by atoms with Gasteiger partial charge in [0.25, 0.3) is 0 Å². The second-order valence-corrected chi connectivity index (χ2v) is 7.48. The van der Waals surface area contributed by atoms with Gasteiger partial charge in [0.05, 0.1) is 6.42 Å². The van der Waals surface area contributed by atoms with Crippen molar-refractivity contribution in [2.45, 2.75) is 33.6 Å². The number of benzene rings is 1. The van der Waals surface area contributed by atoms with E-state index in [4.69, 9.17) is 17.3 Å². The quantitative estimate of drug-likeness (QED) is 0.932. The van der Waals surface area contributed by atoms with Gasteiger partial charge in [-0.05, 0) is 23.5 Å². The molecule has 1 aromatic carbocycles. The van der Waals surface area contributed by atoms with E-state index in [0.29, 0.717) is 18.0 Å². The van der Waals surface area contributed by atoms with Gasteiger partial charge in [0.1, 0.15) is 0 Å². The number of carbonyl (C=O) groups excluding carboxylic acids is 1. The van der Waals surface area contributed by atoms with Crippen LogP contribution in [-0.2, 0) is 11.2 Å². The van der Waals surface area contributed by atoms with Crippen molar-refractivity contribution in [3.63, 3.8) is 0 Å². The first kappa shape index (κ1) is 16.3. The van der Waals surface area contributed by atoms with Gasteiger partial charge in [0, 0.05) is 30.1 Å². The van der Waals surface area contributed by atoms with E-state index >= 15 is 0 Å².